The second-order valence-electron chi connectivity index (χ2n) is 4.02. The zero-order valence-electron chi connectivity index (χ0n) is 9.41. The molecule has 0 spiro atoms. The molecule has 0 fully saturated rings. The molecule has 0 aliphatic rings. The summed E-state index contributed by atoms with van der Waals surface area (Å²) in [6.07, 6.45) is 2.19. The molecule has 0 saturated carbocycles. The van der Waals surface area contributed by atoms with Crippen molar-refractivity contribution in [3.63, 3.8) is 0 Å². The molecule has 2 N–H and O–H groups in total. The van der Waals surface area contributed by atoms with Crippen LogP contribution in [0.5, 0.6) is 0 Å². The molecule has 1 rings (SSSR count). The van der Waals surface area contributed by atoms with Gasteiger partial charge in [-0.2, -0.15) is 0 Å². The first-order valence-electron chi connectivity index (χ1n) is 5.32. The number of hydrogen-bond acceptors (Lipinski definition) is 2. The molecule has 0 radical (unpaired) electrons. The van der Waals surface area contributed by atoms with Crippen molar-refractivity contribution in [1.82, 2.24) is 0 Å². The molecule has 3 heteroatoms. The number of halogens is 1. The number of nitrogens with zero attached hydrogens (tertiary/aromatic N) is 1. The third kappa shape index (κ3) is 4.54. The summed E-state index contributed by atoms with van der Waals surface area (Å²) in [7, 11) is 2.09. The van der Waals surface area contributed by atoms with Crippen LogP contribution in [0.1, 0.15) is 19.8 Å². The van der Waals surface area contributed by atoms with E-state index in [4.69, 9.17) is 17.3 Å². The van der Waals surface area contributed by atoms with Crippen LogP contribution in [0.25, 0.3) is 0 Å². The van der Waals surface area contributed by atoms with Gasteiger partial charge in [-0.15, -0.1) is 0 Å². The second-order valence-corrected chi connectivity index (χ2v) is 4.45. The summed E-state index contributed by atoms with van der Waals surface area (Å²) in [6, 6.07) is 8.20. The molecule has 0 aliphatic heterocycles. The van der Waals surface area contributed by atoms with Gasteiger partial charge in [0.2, 0.25) is 0 Å². The number of nitrogens with two attached hydrogens (primary N) is 1. The minimum atomic E-state index is 0.295. The molecule has 0 aliphatic carbocycles. The Kier molecular flexibility index (Phi) is 4.92. The second kappa shape index (κ2) is 5.99. The molecule has 15 heavy (non-hydrogen) atoms. The average molecular weight is 227 g/mol. The number of rotatable bonds is 5. The molecule has 0 heterocycles. The van der Waals surface area contributed by atoms with Crippen LogP contribution < -0.4 is 10.6 Å². The maximum absolute atomic E-state index is 5.83. The van der Waals surface area contributed by atoms with Crippen LogP contribution >= 0.6 is 11.6 Å². The van der Waals surface area contributed by atoms with Gasteiger partial charge in [0.25, 0.3) is 0 Å². The van der Waals surface area contributed by atoms with Crippen molar-refractivity contribution in [3.8, 4) is 0 Å². The number of benzene rings is 1. The van der Waals surface area contributed by atoms with Crippen molar-refractivity contribution < 1.29 is 0 Å². The SMILES string of the molecule is CC(N)CCCN(C)c1ccc(Cl)cc1. The highest BCUT2D eigenvalue weighted by Gasteiger charge is 2.01. The summed E-state index contributed by atoms with van der Waals surface area (Å²) >= 11 is 5.83. The summed E-state index contributed by atoms with van der Waals surface area (Å²) in [5.41, 5.74) is 6.90. The Morgan fingerprint density at radius 3 is 2.47 bits per heavy atom. The van der Waals surface area contributed by atoms with E-state index in [1.165, 1.54) is 5.69 Å². The highest BCUT2D eigenvalue weighted by atomic mass is 35.5. The molecular weight excluding hydrogens is 208 g/mol. The lowest BCUT2D eigenvalue weighted by atomic mass is 10.2. The molecule has 1 aromatic carbocycles. The van der Waals surface area contributed by atoms with E-state index in [1.807, 2.05) is 31.2 Å². The number of hydrogen-bond donors (Lipinski definition) is 1. The predicted molar refractivity (Wildman–Crippen MR) is 67.6 cm³/mol. The topological polar surface area (TPSA) is 29.3 Å². The molecule has 0 aromatic heterocycles. The van der Waals surface area contributed by atoms with E-state index in [0.29, 0.717) is 6.04 Å². The highest BCUT2D eigenvalue weighted by Crippen LogP contribution is 2.17. The third-order valence-corrected chi connectivity index (χ3v) is 2.67. The van der Waals surface area contributed by atoms with E-state index in [-0.39, 0.29) is 0 Å². The summed E-state index contributed by atoms with van der Waals surface area (Å²) in [5.74, 6) is 0. The first-order valence-corrected chi connectivity index (χ1v) is 5.69. The minimum absolute atomic E-state index is 0.295. The lowest BCUT2D eigenvalue weighted by Gasteiger charge is -2.19. The molecule has 0 saturated heterocycles. The fourth-order valence-corrected chi connectivity index (χ4v) is 1.60. The molecule has 84 valence electrons. The van der Waals surface area contributed by atoms with Gasteiger partial charge in [0, 0.05) is 30.3 Å². The lowest BCUT2D eigenvalue weighted by Crippen LogP contribution is -2.21. The Morgan fingerprint density at radius 1 is 1.33 bits per heavy atom. The van der Waals surface area contributed by atoms with Gasteiger partial charge in [-0.25, -0.2) is 0 Å². The Labute approximate surface area is 97.0 Å². The summed E-state index contributed by atoms with van der Waals surface area (Å²) in [5, 5.41) is 0.780. The van der Waals surface area contributed by atoms with Crippen LogP contribution in [0.2, 0.25) is 5.02 Å². The molecule has 1 aromatic rings. The number of anilines is 1. The zero-order chi connectivity index (χ0) is 11.3. The van der Waals surface area contributed by atoms with Crippen molar-refractivity contribution in [1.29, 1.82) is 0 Å². The molecule has 1 unspecified atom stereocenters. The Bertz CT molecular complexity index is 282. The van der Waals surface area contributed by atoms with E-state index < -0.39 is 0 Å². The van der Waals surface area contributed by atoms with Crippen LogP contribution in [0.15, 0.2) is 24.3 Å². The Balaban J connectivity index is 2.40. The van der Waals surface area contributed by atoms with Crippen molar-refractivity contribution in [2.75, 3.05) is 18.5 Å². The standard InChI is InChI=1S/C12H19ClN2/c1-10(14)4-3-9-15(2)12-7-5-11(13)6-8-12/h5-8,10H,3-4,9,14H2,1-2H3. The maximum atomic E-state index is 5.83. The van der Waals surface area contributed by atoms with Gasteiger partial charge in [0.1, 0.15) is 0 Å². The first kappa shape index (κ1) is 12.3. The van der Waals surface area contributed by atoms with E-state index in [9.17, 15) is 0 Å². The van der Waals surface area contributed by atoms with Gasteiger partial charge in [-0.05, 0) is 44.0 Å². The third-order valence-electron chi connectivity index (χ3n) is 2.42. The zero-order valence-corrected chi connectivity index (χ0v) is 10.2. The quantitative estimate of drug-likeness (QED) is 0.837. The average Bonchev–Trinajstić information content (AvgIpc) is 2.18. The fourth-order valence-electron chi connectivity index (χ4n) is 1.48. The van der Waals surface area contributed by atoms with Crippen LogP contribution in [-0.4, -0.2) is 19.6 Å². The van der Waals surface area contributed by atoms with Crippen LogP contribution in [0.3, 0.4) is 0 Å². The van der Waals surface area contributed by atoms with Crippen LogP contribution in [0, 0.1) is 0 Å². The van der Waals surface area contributed by atoms with E-state index in [0.717, 1.165) is 24.4 Å². The first-order chi connectivity index (χ1) is 7.09. The van der Waals surface area contributed by atoms with Crippen LogP contribution in [0.4, 0.5) is 5.69 Å². The molecule has 2 nitrogen and oxygen atoms in total. The van der Waals surface area contributed by atoms with E-state index in [1.54, 1.807) is 0 Å². The van der Waals surface area contributed by atoms with Crippen molar-refractivity contribution in [3.05, 3.63) is 29.3 Å². The monoisotopic (exact) mass is 226 g/mol. The van der Waals surface area contributed by atoms with E-state index in [2.05, 4.69) is 11.9 Å². The highest BCUT2D eigenvalue weighted by molar-refractivity contribution is 6.30. The molecule has 0 amide bonds. The summed E-state index contributed by atoms with van der Waals surface area (Å²) in [4.78, 5) is 2.22. The largest absolute Gasteiger partial charge is 0.375 e. The Morgan fingerprint density at radius 2 is 1.93 bits per heavy atom. The molecule has 1 atom stereocenters. The van der Waals surface area contributed by atoms with Crippen molar-refractivity contribution in [2.45, 2.75) is 25.8 Å². The summed E-state index contributed by atoms with van der Waals surface area (Å²) < 4.78 is 0. The maximum Gasteiger partial charge on any atom is 0.0407 e. The van der Waals surface area contributed by atoms with Gasteiger partial charge in [-0.3, -0.25) is 0 Å². The minimum Gasteiger partial charge on any atom is -0.375 e. The van der Waals surface area contributed by atoms with Crippen LogP contribution in [-0.2, 0) is 0 Å². The Hall–Kier alpha value is -0.730. The van der Waals surface area contributed by atoms with Crippen molar-refractivity contribution in [2.24, 2.45) is 5.73 Å². The molecular formula is C12H19ClN2. The van der Waals surface area contributed by atoms with Gasteiger partial charge >= 0.3 is 0 Å². The van der Waals surface area contributed by atoms with Gasteiger partial charge in [0.05, 0.1) is 0 Å². The predicted octanol–water partition coefficient (Wildman–Crippen LogP) is 2.90. The van der Waals surface area contributed by atoms with Gasteiger partial charge in [0.15, 0.2) is 0 Å². The van der Waals surface area contributed by atoms with Crippen molar-refractivity contribution >= 4 is 17.3 Å². The normalized spacial score (nSPS) is 12.5. The lowest BCUT2D eigenvalue weighted by molar-refractivity contribution is 0.621. The smallest absolute Gasteiger partial charge is 0.0407 e. The summed E-state index contributed by atoms with van der Waals surface area (Å²) in [6.45, 7) is 3.07. The van der Waals surface area contributed by atoms with Gasteiger partial charge in [-0.1, -0.05) is 11.6 Å². The van der Waals surface area contributed by atoms with Gasteiger partial charge < -0.3 is 10.6 Å². The fraction of sp³-hybridized carbons (Fsp3) is 0.500. The van der Waals surface area contributed by atoms with E-state index >= 15 is 0 Å². The molecule has 0 bridgehead atoms.